The van der Waals surface area contributed by atoms with E-state index in [0.717, 1.165) is 30.1 Å². The van der Waals surface area contributed by atoms with Gasteiger partial charge >= 0.3 is 0 Å². The number of sulfonamides is 1. The number of hydrogen-bond acceptors (Lipinski definition) is 7. The van der Waals surface area contributed by atoms with Gasteiger partial charge < -0.3 is 19.4 Å². The van der Waals surface area contributed by atoms with Crippen molar-refractivity contribution in [3.8, 4) is 5.75 Å². The first-order valence-electron chi connectivity index (χ1n) is 11.9. The van der Waals surface area contributed by atoms with Crippen LogP contribution in [0.15, 0.2) is 63.0 Å². The Morgan fingerprint density at radius 3 is 2.35 bits per heavy atom. The van der Waals surface area contributed by atoms with Crippen LogP contribution in [0.5, 0.6) is 5.75 Å². The molecule has 1 aromatic heterocycles. The van der Waals surface area contributed by atoms with Gasteiger partial charge in [0, 0.05) is 32.7 Å². The predicted octanol–water partition coefficient (Wildman–Crippen LogP) is 3.35. The average Bonchev–Trinajstić information content (AvgIpc) is 3.56. The van der Waals surface area contributed by atoms with Crippen LogP contribution in [0.2, 0.25) is 0 Å². The molecule has 1 aliphatic rings. The number of ether oxygens (including phenoxy) is 1. The molecule has 0 fully saturated rings. The zero-order chi connectivity index (χ0) is 26.7. The largest absolute Gasteiger partial charge is 0.497 e. The van der Waals surface area contributed by atoms with Crippen molar-refractivity contribution in [2.45, 2.75) is 31.8 Å². The number of carbonyl (C=O) groups is 1. The molecule has 0 radical (unpaired) electrons. The van der Waals surface area contributed by atoms with E-state index in [1.54, 1.807) is 51.1 Å². The highest BCUT2D eigenvalue weighted by Crippen LogP contribution is 2.28. The Labute approximate surface area is 217 Å². The van der Waals surface area contributed by atoms with Crippen molar-refractivity contribution in [3.63, 3.8) is 0 Å². The number of nitrogens with one attached hydrogen (secondary N) is 1. The minimum Gasteiger partial charge on any atom is -0.497 e. The van der Waals surface area contributed by atoms with E-state index < -0.39 is 10.0 Å². The molecule has 0 saturated heterocycles. The minimum atomic E-state index is -3.79. The number of amides is 1. The fraction of sp³-hybridized carbons (Fsp3) is 0.333. The van der Waals surface area contributed by atoms with Gasteiger partial charge in [-0.3, -0.25) is 9.79 Å². The molecule has 0 atom stereocenters. The summed E-state index contributed by atoms with van der Waals surface area (Å²) in [6.45, 7) is 5.52. The van der Waals surface area contributed by atoms with E-state index in [1.807, 2.05) is 24.3 Å². The van der Waals surface area contributed by atoms with Crippen LogP contribution in [0.25, 0.3) is 0 Å². The molecule has 0 spiro atoms. The van der Waals surface area contributed by atoms with Crippen LogP contribution in [-0.4, -0.2) is 63.7 Å². The summed E-state index contributed by atoms with van der Waals surface area (Å²) in [5, 5.41) is 3.25. The first kappa shape index (κ1) is 26.4. The van der Waals surface area contributed by atoms with E-state index in [1.165, 1.54) is 17.6 Å². The zero-order valence-electron chi connectivity index (χ0n) is 21.7. The summed E-state index contributed by atoms with van der Waals surface area (Å²) in [5.74, 6) is 1.66. The van der Waals surface area contributed by atoms with Crippen molar-refractivity contribution in [1.29, 1.82) is 0 Å². The third kappa shape index (κ3) is 5.70. The van der Waals surface area contributed by atoms with Gasteiger partial charge in [0.15, 0.2) is 0 Å². The number of hydrogen-bond donors (Lipinski definition) is 1. The van der Waals surface area contributed by atoms with Gasteiger partial charge in [-0.2, -0.15) is 4.31 Å². The molecule has 0 aliphatic carbocycles. The number of amidine groups is 1. The molecule has 2 heterocycles. The molecule has 0 saturated carbocycles. The Kier molecular flexibility index (Phi) is 7.70. The smallest absolute Gasteiger partial charge is 0.257 e. The van der Waals surface area contributed by atoms with Crippen LogP contribution in [0.3, 0.4) is 0 Å². The second kappa shape index (κ2) is 10.8. The third-order valence-corrected chi connectivity index (χ3v) is 8.39. The Bertz CT molecular complexity index is 1400. The molecular formula is C27H32N4O5S. The molecule has 3 aromatic rings. The summed E-state index contributed by atoms with van der Waals surface area (Å²) < 4.78 is 38.6. The summed E-state index contributed by atoms with van der Waals surface area (Å²) in [6.07, 6.45) is 1.37. The Morgan fingerprint density at radius 1 is 1.08 bits per heavy atom. The molecule has 196 valence electrons. The van der Waals surface area contributed by atoms with Crippen molar-refractivity contribution in [1.82, 2.24) is 14.5 Å². The number of benzene rings is 2. The van der Waals surface area contributed by atoms with E-state index in [2.05, 4.69) is 10.3 Å². The highest BCUT2D eigenvalue weighted by atomic mass is 32.2. The van der Waals surface area contributed by atoms with Gasteiger partial charge in [0.25, 0.3) is 5.91 Å². The van der Waals surface area contributed by atoms with Crippen LogP contribution in [0.1, 0.15) is 38.4 Å². The van der Waals surface area contributed by atoms with E-state index in [9.17, 15) is 13.2 Å². The van der Waals surface area contributed by atoms with Crippen LogP contribution in [0, 0.1) is 13.8 Å². The minimum absolute atomic E-state index is 0.0103. The molecule has 2 aromatic carbocycles. The van der Waals surface area contributed by atoms with E-state index >= 15 is 0 Å². The second-order valence-corrected chi connectivity index (χ2v) is 11.2. The van der Waals surface area contributed by atoms with E-state index in [0.29, 0.717) is 34.7 Å². The van der Waals surface area contributed by atoms with Gasteiger partial charge in [-0.05, 0) is 48.7 Å². The van der Waals surface area contributed by atoms with E-state index in [-0.39, 0.29) is 17.3 Å². The normalized spacial score (nSPS) is 13.4. The monoisotopic (exact) mass is 524 g/mol. The molecule has 10 heteroatoms. The Morgan fingerprint density at radius 2 is 1.76 bits per heavy atom. The van der Waals surface area contributed by atoms with Crippen molar-refractivity contribution < 1.29 is 22.4 Å². The number of rotatable bonds is 9. The first-order valence-corrected chi connectivity index (χ1v) is 13.4. The van der Waals surface area contributed by atoms with Crippen LogP contribution in [-0.2, 0) is 23.1 Å². The van der Waals surface area contributed by atoms with Gasteiger partial charge in [-0.25, -0.2) is 8.42 Å². The zero-order valence-corrected chi connectivity index (χ0v) is 22.6. The van der Waals surface area contributed by atoms with Gasteiger partial charge in [-0.1, -0.05) is 24.3 Å². The summed E-state index contributed by atoms with van der Waals surface area (Å²) in [5.41, 5.74) is 3.57. The summed E-state index contributed by atoms with van der Waals surface area (Å²) in [7, 11) is 0.962. The lowest BCUT2D eigenvalue weighted by Gasteiger charge is -2.20. The first-order chi connectivity index (χ1) is 17.6. The molecule has 1 amide bonds. The average molecular weight is 525 g/mol. The third-order valence-electron chi connectivity index (χ3n) is 6.29. The van der Waals surface area contributed by atoms with Gasteiger partial charge in [-0.15, -0.1) is 0 Å². The van der Waals surface area contributed by atoms with Crippen LogP contribution < -0.4 is 10.1 Å². The molecule has 0 unspecified atom stereocenters. The van der Waals surface area contributed by atoms with Gasteiger partial charge in [0.1, 0.15) is 23.6 Å². The maximum absolute atomic E-state index is 13.3. The molecule has 1 N–H and O–H groups in total. The van der Waals surface area contributed by atoms with E-state index in [4.69, 9.17) is 9.15 Å². The van der Waals surface area contributed by atoms with Crippen molar-refractivity contribution in [2.75, 3.05) is 34.3 Å². The molecule has 9 nitrogen and oxygen atoms in total. The fourth-order valence-corrected chi connectivity index (χ4v) is 5.94. The molecular weight excluding hydrogens is 492 g/mol. The maximum Gasteiger partial charge on any atom is 0.257 e. The lowest BCUT2D eigenvalue weighted by atomic mass is 10.1. The summed E-state index contributed by atoms with van der Waals surface area (Å²) in [6, 6.07) is 12.9. The standard InChI is InChI=1S/C27H32N4O5S/c1-18-12-23(35-5)13-19(2)25(18)37(33,34)31(4)16-24-14-22(17-36-24)27(32)30(3)15-20-6-8-21(9-7-20)26-28-10-11-29-26/h6-9,12-14,17H,10-11,15-16H2,1-5H3,(H,28,29). The van der Waals surface area contributed by atoms with Crippen molar-refractivity contribution >= 4 is 21.8 Å². The number of aliphatic imine (C=N–C) groups is 1. The maximum atomic E-state index is 13.3. The molecule has 4 rings (SSSR count). The Hall–Kier alpha value is -3.63. The summed E-state index contributed by atoms with van der Waals surface area (Å²) >= 11 is 0. The highest BCUT2D eigenvalue weighted by Gasteiger charge is 2.27. The molecule has 37 heavy (non-hydrogen) atoms. The van der Waals surface area contributed by atoms with Crippen molar-refractivity contribution in [3.05, 3.63) is 82.3 Å². The number of aryl methyl sites for hydroxylation is 2. The lowest BCUT2D eigenvalue weighted by Crippen LogP contribution is -2.28. The van der Waals surface area contributed by atoms with Gasteiger partial charge in [0.2, 0.25) is 10.0 Å². The fourth-order valence-electron chi connectivity index (χ4n) is 4.40. The number of nitrogens with zero attached hydrogens (tertiary/aromatic N) is 3. The molecule has 0 bridgehead atoms. The second-order valence-electron chi connectivity index (χ2n) is 9.17. The SMILES string of the molecule is COc1cc(C)c(S(=O)(=O)N(C)Cc2cc(C(=O)N(C)Cc3ccc(C4=NCCN4)cc3)co2)c(C)c1. The predicted molar refractivity (Wildman–Crippen MR) is 141 cm³/mol. The van der Waals surface area contributed by atoms with Gasteiger partial charge in [0.05, 0.1) is 30.7 Å². The highest BCUT2D eigenvalue weighted by molar-refractivity contribution is 7.89. The number of methoxy groups -OCH3 is 1. The molecule has 1 aliphatic heterocycles. The van der Waals surface area contributed by atoms with Crippen molar-refractivity contribution in [2.24, 2.45) is 4.99 Å². The number of carbonyl (C=O) groups excluding carboxylic acids is 1. The quantitative estimate of drug-likeness (QED) is 0.460. The van der Waals surface area contributed by atoms with Crippen LogP contribution in [0.4, 0.5) is 0 Å². The topological polar surface area (TPSA) is 104 Å². The Balaban J connectivity index is 1.41. The summed E-state index contributed by atoms with van der Waals surface area (Å²) in [4.78, 5) is 19.2. The lowest BCUT2D eigenvalue weighted by molar-refractivity contribution is 0.0784. The van der Waals surface area contributed by atoms with Crippen LogP contribution >= 0.6 is 0 Å². The number of furan rings is 1.